The van der Waals surface area contributed by atoms with Gasteiger partial charge < -0.3 is 20.7 Å². The van der Waals surface area contributed by atoms with Crippen LogP contribution in [0.1, 0.15) is 10.4 Å². The van der Waals surface area contributed by atoms with Crippen LogP contribution in [0.2, 0.25) is 0 Å². The van der Waals surface area contributed by atoms with Crippen molar-refractivity contribution < 1.29 is 14.3 Å². The first-order chi connectivity index (χ1) is 9.70. The summed E-state index contributed by atoms with van der Waals surface area (Å²) < 4.78 is 5.40. The average molecular weight is 314 g/mol. The highest BCUT2D eigenvalue weighted by molar-refractivity contribution is 5.96. The lowest BCUT2D eigenvalue weighted by Crippen LogP contribution is -2.50. The van der Waals surface area contributed by atoms with Gasteiger partial charge in [0.1, 0.15) is 0 Å². The van der Waals surface area contributed by atoms with Crippen molar-refractivity contribution in [2.24, 2.45) is 5.73 Å². The molecule has 1 aliphatic heterocycles. The number of rotatable bonds is 4. The molecular weight excluding hydrogens is 294 g/mol. The van der Waals surface area contributed by atoms with Crippen LogP contribution in [0.3, 0.4) is 0 Å². The number of nitrogens with one attached hydrogen (secondary N) is 1. The molecule has 1 fully saturated rings. The van der Waals surface area contributed by atoms with Gasteiger partial charge in [0.2, 0.25) is 5.91 Å². The van der Waals surface area contributed by atoms with E-state index in [2.05, 4.69) is 5.32 Å². The monoisotopic (exact) mass is 313 g/mol. The summed E-state index contributed by atoms with van der Waals surface area (Å²) in [6.07, 6.45) is -0.113. The standard InChI is InChI=1S/C14H19N3O3.ClH/c15-8-12-10-17(6-7-20-12)13(18)9-16-14(19)11-4-2-1-3-5-11;/h1-5,12H,6-10,15H2,(H,16,19);1H. The van der Waals surface area contributed by atoms with Gasteiger partial charge in [0.05, 0.1) is 19.3 Å². The number of halogens is 1. The van der Waals surface area contributed by atoms with Crippen molar-refractivity contribution in [2.45, 2.75) is 6.10 Å². The van der Waals surface area contributed by atoms with E-state index in [4.69, 9.17) is 10.5 Å². The number of amides is 2. The van der Waals surface area contributed by atoms with Crippen molar-refractivity contribution in [3.05, 3.63) is 35.9 Å². The number of carbonyl (C=O) groups excluding carboxylic acids is 2. The zero-order valence-electron chi connectivity index (χ0n) is 11.7. The maximum absolute atomic E-state index is 12.0. The minimum Gasteiger partial charge on any atom is -0.373 e. The number of hydrogen-bond donors (Lipinski definition) is 2. The van der Waals surface area contributed by atoms with Crippen molar-refractivity contribution in [1.82, 2.24) is 10.2 Å². The molecule has 1 aromatic carbocycles. The van der Waals surface area contributed by atoms with E-state index < -0.39 is 0 Å². The lowest BCUT2D eigenvalue weighted by atomic mass is 10.2. The number of nitrogens with two attached hydrogens (primary N) is 1. The Hall–Kier alpha value is -1.63. The second-order valence-corrected chi connectivity index (χ2v) is 4.62. The summed E-state index contributed by atoms with van der Waals surface area (Å²) in [6, 6.07) is 8.82. The summed E-state index contributed by atoms with van der Waals surface area (Å²) in [5.41, 5.74) is 6.07. The van der Waals surface area contributed by atoms with Crippen LogP contribution >= 0.6 is 12.4 Å². The summed E-state index contributed by atoms with van der Waals surface area (Å²) in [5.74, 6) is -0.362. The first-order valence-electron chi connectivity index (χ1n) is 6.63. The molecule has 1 atom stereocenters. The molecule has 0 saturated carbocycles. The molecule has 116 valence electrons. The molecule has 0 spiro atoms. The smallest absolute Gasteiger partial charge is 0.251 e. The van der Waals surface area contributed by atoms with E-state index >= 15 is 0 Å². The summed E-state index contributed by atoms with van der Waals surface area (Å²) in [4.78, 5) is 25.5. The number of carbonyl (C=O) groups is 2. The fourth-order valence-corrected chi connectivity index (χ4v) is 2.05. The second kappa shape index (κ2) is 8.61. The lowest BCUT2D eigenvalue weighted by molar-refractivity contribution is -0.137. The topological polar surface area (TPSA) is 84.7 Å². The molecule has 7 heteroatoms. The van der Waals surface area contributed by atoms with Gasteiger partial charge >= 0.3 is 0 Å². The normalized spacial score (nSPS) is 17.8. The summed E-state index contributed by atoms with van der Waals surface area (Å²) in [5, 5.41) is 2.63. The Kier molecular flexibility index (Phi) is 7.14. The molecule has 1 aliphatic rings. The van der Waals surface area contributed by atoms with Crippen molar-refractivity contribution in [3.63, 3.8) is 0 Å². The molecule has 6 nitrogen and oxygen atoms in total. The Morgan fingerprint density at radius 1 is 1.33 bits per heavy atom. The highest BCUT2D eigenvalue weighted by Crippen LogP contribution is 2.04. The Balaban J connectivity index is 0.00000220. The van der Waals surface area contributed by atoms with Gasteiger partial charge in [-0.15, -0.1) is 12.4 Å². The van der Waals surface area contributed by atoms with Crippen LogP contribution in [0.25, 0.3) is 0 Å². The molecule has 3 N–H and O–H groups in total. The van der Waals surface area contributed by atoms with Crippen molar-refractivity contribution in [1.29, 1.82) is 0 Å². The van der Waals surface area contributed by atoms with Crippen LogP contribution in [0.15, 0.2) is 30.3 Å². The first-order valence-corrected chi connectivity index (χ1v) is 6.63. The Morgan fingerprint density at radius 3 is 2.71 bits per heavy atom. The van der Waals surface area contributed by atoms with Gasteiger partial charge in [-0.05, 0) is 12.1 Å². The van der Waals surface area contributed by atoms with Gasteiger partial charge in [0.15, 0.2) is 0 Å². The number of morpholine rings is 1. The third-order valence-electron chi connectivity index (χ3n) is 3.19. The number of hydrogen-bond acceptors (Lipinski definition) is 4. The highest BCUT2D eigenvalue weighted by Gasteiger charge is 2.23. The van der Waals surface area contributed by atoms with E-state index in [-0.39, 0.29) is 36.9 Å². The van der Waals surface area contributed by atoms with Crippen LogP contribution in [0.4, 0.5) is 0 Å². The second-order valence-electron chi connectivity index (χ2n) is 4.62. The first kappa shape index (κ1) is 17.4. The van der Waals surface area contributed by atoms with E-state index in [1.165, 1.54) is 0 Å². The quantitative estimate of drug-likeness (QED) is 0.821. The molecule has 0 bridgehead atoms. The fourth-order valence-electron chi connectivity index (χ4n) is 2.05. The molecule has 0 radical (unpaired) electrons. The fraction of sp³-hybridized carbons (Fsp3) is 0.429. The molecule has 1 heterocycles. The van der Waals surface area contributed by atoms with Gasteiger partial charge in [-0.3, -0.25) is 9.59 Å². The molecule has 1 aromatic rings. The van der Waals surface area contributed by atoms with E-state index in [0.29, 0.717) is 31.8 Å². The largest absolute Gasteiger partial charge is 0.373 e. The Morgan fingerprint density at radius 2 is 2.05 bits per heavy atom. The SMILES string of the molecule is Cl.NCC1CN(C(=O)CNC(=O)c2ccccc2)CCO1. The van der Waals surface area contributed by atoms with Crippen LogP contribution in [0.5, 0.6) is 0 Å². The van der Waals surface area contributed by atoms with Crippen molar-refractivity contribution in [2.75, 3.05) is 32.8 Å². The van der Waals surface area contributed by atoms with Crippen LogP contribution in [-0.2, 0) is 9.53 Å². The number of benzene rings is 1. The maximum atomic E-state index is 12.0. The number of ether oxygens (including phenoxy) is 1. The van der Waals surface area contributed by atoms with Gasteiger partial charge in [-0.1, -0.05) is 18.2 Å². The summed E-state index contributed by atoms with van der Waals surface area (Å²) in [6.45, 7) is 1.89. The summed E-state index contributed by atoms with van der Waals surface area (Å²) in [7, 11) is 0. The van der Waals surface area contributed by atoms with Gasteiger partial charge in [0.25, 0.3) is 5.91 Å². The van der Waals surface area contributed by atoms with E-state index in [1.54, 1.807) is 29.2 Å². The molecule has 2 rings (SSSR count). The van der Waals surface area contributed by atoms with Gasteiger partial charge in [-0.2, -0.15) is 0 Å². The third kappa shape index (κ3) is 5.00. The predicted octanol–water partition coefficient (Wildman–Crippen LogP) is 0.0243. The van der Waals surface area contributed by atoms with Crippen LogP contribution in [-0.4, -0.2) is 55.6 Å². The van der Waals surface area contributed by atoms with Crippen LogP contribution < -0.4 is 11.1 Å². The highest BCUT2D eigenvalue weighted by atomic mass is 35.5. The average Bonchev–Trinajstić information content (AvgIpc) is 2.53. The minimum atomic E-state index is -0.248. The molecule has 0 aliphatic carbocycles. The van der Waals surface area contributed by atoms with E-state index in [1.807, 2.05) is 6.07 Å². The van der Waals surface area contributed by atoms with Crippen molar-refractivity contribution >= 4 is 24.2 Å². The van der Waals surface area contributed by atoms with Gasteiger partial charge in [0, 0.05) is 25.2 Å². The molecule has 0 aromatic heterocycles. The molecular formula is C14H20ClN3O3. The summed E-state index contributed by atoms with van der Waals surface area (Å²) >= 11 is 0. The minimum absolute atomic E-state index is 0. The van der Waals surface area contributed by atoms with Crippen LogP contribution in [0, 0.1) is 0 Å². The predicted molar refractivity (Wildman–Crippen MR) is 81.4 cm³/mol. The van der Waals surface area contributed by atoms with Crippen molar-refractivity contribution in [3.8, 4) is 0 Å². The Bertz CT molecular complexity index is 470. The molecule has 2 amide bonds. The maximum Gasteiger partial charge on any atom is 0.251 e. The van der Waals surface area contributed by atoms with E-state index in [9.17, 15) is 9.59 Å². The van der Waals surface area contributed by atoms with Gasteiger partial charge in [-0.25, -0.2) is 0 Å². The Labute approximate surface area is 130 Å². The number of nitrogens with zero attached hydrogens (tertiary/aromatic N) is 1. The lowest BCUT2D eigenvalue weighted by Gasteiger charge is -2.32. The molecule has 1 unspecified atom stereocenters. The third-order valence-corrected chi connectivity index (χ3v) is 3.19. The molecule has 1 saturated heterocycles. The zero-order valence-corrected chi connectivity index (χ0v) is 12.5. The van der Waals surface area contributed by atoms with E-state index in [0.717, 1.165) is 0 Å². The zero-order chi connectivity index (χ0) is 14.4. The molecule has 21 heavy (non-hydrogen) atoms.